The number of hydrogen-bond acceptors (Lipinski definition) is 2. The van der Waals surface area contributed by atoms with Gasteiger partial charge in [-0.25, -0.2) is 0 Å². The van der Waals surface area contributed by atoms with Crippen molar-refractivity contribution in [1.29, 1.82) is 0 Å². The fraction of sp³-hybridized carbons (Fsp3) is 0.667. The zero-order valence-corrected chi connectivity index (χ0v) is 4.71. The summed E-state index contributed by atoms with van der Waals surface area (Å²) >= 11 is 0. The topological polar surface area (TPSA) is 29.5 Å². The first-order chi connectivity index (χ1) is 3.93. The van der Waals surface area contributed by atoms with Gasteiger partial charge >= 0.3 is 0 Å². The quantitative estimate of drug-likeness (QED) is 0.524. The Morgan fingerprint density at radius 3 is 3.12 bits per heavy atom. The molecule has 0 spiro atoms. The van der Waals surface area contributed by atoms with Crippen LogP contribution in [0.15, 0.2) is 12.2 Å². The Bertz CT molecular complexity index is 88.5. The van der Waals surface area contributed by atoms with E-state index >= 15 is 0 Å². The monoisotopic (exact) mass is 114 g/mol. The van der Waals surface area contributed by atoms with Crippen LogP contribution in [0.1, 0.15) is 6.42 Å². The van der Waals surface area contributed by atoms with Crippen LogP contribution in [0, 0.1) is 0 Å². The summed E-state index contributed by atoms with van der Waals surface area (Å²) in [5.41, 5.74) is 0. The van der Waals surface area contributed by atoms with Crippen LogP contribution in [-0.4, -0.2) is 24.4 Å². The Balaban J connectivity index is 2.16. The molecule has 46 valence electrons. The van der Waals surface area contributed by atoms with Gasteiger partial charge in [0.1, 0.15) is 0 Å². The minimum Gasteiger partial charge on any atom is -0.396 e. The molecular weight excluding hydrogens is 104 g/mol. The molecule has 1 aliphatic rings. The number of aliphatic hydroxyl groups excluding tert-OH is 1. The van der Waals surface area contributed by atoms with E-state index in [0.717, 1.165) is 6.42 Å². The molecule has 2 heteroatoms. The number of ether oxygens (including phenoxy) is 1. The highest BCUT2D eigenvalue weighted by Gasteiger charge is 2.06. The van der Waals surface area contributed by atoms with Gasteiger partial charge in [0, 0.05) is 13.0 Å². The van der Waals surface area contributed by atoms with Crippen LogP contribution in [0.4, 0.5) is 0 Å². The maximum absolute atomic E-state index is 8.41. The van der Waals surface area contributed by atoms with Crippen molar-refractivity contribution in [1.82, 2.24) is 0 Å². The third-order valence-corrected chi connectivity index (χ3v) is 1.17. The van der Waals surface area contributed by atoms with Gasteiger partial charge < -0.3 is 9.84 Å². The molecule has 1 atom stereocenters. The maximum Gasteiger partial charge on any atom is 0.0782 e. The van der Waals surface area contributed by atoms with Gasteiger partial charge in [-0.05, 0) is 0 Å². The molecule has 0 unspecified atom stereocenters. The predicted octanol–water partition coefficient (Wildman–Crippen LogP) is 0.324. The van der Waals surface area contributed by atoms with Crippen LogP contribution in [0.25, 0.3) is 0 Å². The van der Waals surface area contributed by atoms with E-state index in [2.05, 4.69) is 0 Å². The van der Waals surface area contributed by atoms with Crippen molar-refractivity contribution < 1.29 is 9.84 Å². The molecule has 1 rings (SSSR count). The minimum absolute atomic E-state index is 0.181. The summed E-state index contributed by atoms with van der Waals surface area (Å²) in [5, 5.41) is 8.41. The minimum atomic E-state index is 0.181. The predicted molar refractivity (Wildman–Crippen MR) is 30.6 cm³/mol. The summed E-state index contributed by atoms with van der Waals surface area (Å²) in [6, 6.07) is 0. The molecule has 0 saturated heterocycles. The van der Waals surface area contributed by atoms with Crippen LogP contribution in [-0.2, 0) is 4.74 Å². The molecule has 0 aliphatic carbocycles. The Morgan fingerprint density at radius 1 is 1.75 bits per heavy atom. The Labute approximate surface area is 48.8 Å². The third kappa shape index (κ3) is 1.32. The second-order valence-electron chi connectivity index (χ2n) is 1.81. The van der Waals surface area contributed by atoms with E-state index in [1.807, 2.05) is 12.2 Å². The van der Waals surface area contributed by atoms with Gasteiger partial charge in [0.25, 0.3) is 0 Å². The molecule has 0 amide bonds. The van der Waals surface area contributed by atoms with Crippen molar-refractivity contribution in [2.75, 3.05) is 13.2 Å². The van der Waals surface area contributed by atoms with Crippen LogP contribution in [0.2, 0.25) is 0 Å². The highest BCUT2D eigenvalue weighted by molar-refractivity contribution is 4.95. The standard InChI is InChI=1S/C6H10O2/c7-4-3-6-2-1-5-8-6/h1-2,6-7H,3-5H2/t6-/m1/s1. The van der Waals surface area contributed by atoms with Crippen LogP contribution >= 0.6 is 0 Å². The van der Waals surface area contributed by atoms with Crippen LogP contribution in [0.5, 0.6) is 0 Å². The maximum atomic E-state index is 8.41. The molecule has 0 fully saturated rings. The van der Waals surface area contributed by atoms with Gasteiger partial charge in [-0.1, -0.05) is 12.2 Å². The molecule has 0 aromatic heterocycles. The molecule has 0 aromatic carbocycles. The van der Waals surface area contributed by atoms with E-state index in [1.165, 1.54) is 0 Å². The lowest BCUT2D eigenvalue weighted by Crippen LogP contribution is -2.05. The molecular formula is C6H10O2. The number of aliphatic hydroxyl groups is 1. The smallest absolute Gasteiger partial charge is 0.0782 e. The summed E-state index contributed by atoms with van der Waals surface area (Å²) < 4.78 is 5.12. The normalized spacial score (nSPS) is 26.9. The summed E-state index contributed by atoms with van der Waals surface area (Å²) in [6.07, 6.45) is 4.87. The van der Waals surface area contributed by atoms with Crippen LogP contribution in [0.3, 0.4) is 0 Å². The second-order valence-corrected chi connectivity index (χ2v) is 1.81. The van der Waals surface area contributed by atoms with Gasteiger partial charge in [-0.2, -0.15) is 0 Å². The van der Waals surface area contributed by atoms with Gasteiger partial charge in [0.05, 0.1) is 12.7 Å². The summed E-state index contributed by atoms with van der Waals surface area (Å²) in [7, 11) is 0. The molecule has 1 N–H and O–H groups in total. The number of rotatable bonds is 2. The first kappa shape index (κ1) is 5.79. The van der Waals surface area contributed by atoms with E-state index in [4.69, 9.17) is 9.84 Å². The SMILES string of the molecule is OCC[C@H]1C=CCO1. The van der Waals surface area contributed by atoms with Crippen molar-refractivity contribution in [3.63, 3.8) is 0 Å². The van der Waals surface area contributed by atoms with E-state index in [1.54, 1.807) is 0 Å². The second kappa shape index (κ2) is 2.84. The van der Waals surface area contributed by atoms with Crippen molar-refractivity contribution in [2.24, 2.45) is 0 Å². The van der Waals surface area contributed by atoms with E-state index < -0.39 is 0 Å². The number of hydrogen-bond donors (Lipinski definition) is 1. The molecule has 0 bridgehead atoms. The van der Waals surface area contributed by atoms with E-state index in [-0.39, 0.29) is 12.7 Å². The lowest BCUT2D eigenvalue weighted by molar-refractivity contribution is 0.103. The molecule has 2 nitrogen and oxygen atoms in total. The molecule has 1 heterocycles. The van der Waals surface area contributed by atoms with Crippen molar-refractivity contribution in [3.8, 4) is 0 Å². The summed E-state index contributed by atoms with van der Waals surface area (Å²) in [5.74, 6) is 0. The highest BCUT2D eigenvalue weighted by Crippen LogP contribution is 2.05. The fourth-order valence-corrected chi connectivity index (χ4v) is 0.749. The van der Waals surface area contributed by atoms with Crippen molar-refractivity contribution in [2.45, 2.75) is 12.5 Å². The molecule has 0 aromatic rings. The van der Waals surface area contributed by atoms with Crippen LogP contribution < -0.4 is 0 Å². The summed E-state index contributed by atoms with van der Waals surface area (Å²) in [6.45, 7) is 0.930. The Morgan fingerprint density at radius 2 is 2.62 bits per heavy atom. The van der Waals surface area contributed by atoms with Gasteiger partial charge in [0.15, 0.2) is 0 Å². The largest absolute Gasteiger partial charge is 0.396 e. The lowest BCUT2D eigenvalue weighted by Gasteiger charge is -2.03. The van der Waals surface area contributed by atoms with Gasteiger partial charge in [-0.15, -0.1) is 0 Å². The van der Waals surface area contributed by atoms with Crippen molar-refractivity contribution >= 4 is 0 Å². The Kier molecular flexibility index (Phi) is 2.06. The first-order valence-electron chi connectivity index (χ1n) is 2.82. The fourth-order valence-electron chi connectivity index (χ4n) is 0.749. The Hall–Kier alpha value is -0.340. The molecule has 0 saturated carbocycles. The lowest BCUT2D eigenvalue weighted by atomic mass is 10.3. The van der Waals surface area contributed by atoms with Crippen molar-refractivity contribution in [3.05, 3.63) is 12.2 Å². The average Bonchev–Trinajstić information content (AvgIpc) is 2.19. The first-order valence-corrected chi connectivity index (χ1v) is 2.82. The van der Waals surface area contributed by atoms with E-state index in [0.29, 0.717) is 6.61 Å². The van der Waals surface area contributed by atoms with Gasteiger partial charge in [0.2, 0.25) is 0 Å². The summed E-state index contributed by atoms with van der Waals surface area (Å²) in [4.78, 5) is 0. The zero-order valence-electron chi connectivity index (χ0n) is 4.71. The molecule has 0 radical (unpaired) electrons. The van der Waals surface area contributed by atoms with E-state index in [9.17, 15) is 0 Å². The highest BCUT2D eigenvalue weighted by atomic mass is 16.5. The zero-order chi connectivity index (χ0) is 5.82. The van der Waals surface area contributed by atoms with Gasteiger partial charge in [-0.3, -0.25) is 0 Å². The molecule has 1 aliphatic heterocycles. The average molecular weight is 114 g/mol. The third-order valence-electron chi connectivity index (χ3n) is 1.17. The molecule has 8 heavy (non-hydrogen) atoms.